The number of hydrogen-bond donors (Lipinski definition) is 0. The molecule has 1 heteroatoms. The molecule has 0 bridgehead atoms. The number of allylic oxidation sites excluding steroid dienone is 2. The van der Waals surface area contributed by atoms with Gasteiger partial charge in [-0.2, -0.15) is 0 Å². The fraction of sp³-hybridized carbons (Fsp3) is 0.200. The molecule has 11 heavy (non-hydrogen) atoms. The minimum Gasteiger partial charge on any atom is -0.0913 e. The van der Waals surface area contributed by atoms with E-state index in [-0.39, 0.29) is 0 Å². The van der Waals surface area contributed by atoms with E-state index < -0.39 is 0 Å². The van der Waals surface area contributed by atoms with Gasteiger partial charge < -0.3 is 0 Å². The van der Waals surface area contributed by atoms with Crippen molar-refractivity contribution in [3.63, 3.8) is 0 Å². The summed E-state index contributed by atoms with van der Waals surface area (Å²) in [6.45, 7) is 2.04. The fourth-order valence-electron chi connectivity index (χ4n) is 0.874. The van der Waals surface area contributed by atoms with Crippen LogP contribution in [0.15, 0.2) is 40.9 Å². The number of hydrogen-bond acceptors (Lipinski definition) is 0. The lowest BCUT2D eigenvalue weighted by Crippen LogP contribution is -1.78. The molecule has 1 aromatic carbocycles. The first kappa shape index (κ1) is 8.54. The third-order valence-electron chi connectivity index (χ3n) is 1.50. The van der Waals surface area contributed by atoms with Gasteiger partial charge in [0.1, 0.15) is 0 Å². The van der Waals surface area contributed by atoms with Gasteiger partial charge in [0.2, 0.25) is 0 Å². The maximum Gasteiger partial charge on any atom is 0.0175 e. The highest BCUT2D eigenvalue weighted by atomic mass is 79.9. The molecule has 0 N–H and O–H groups in total. The smallest absolute Gasteiger partial charge is 0.0175 e. The van der Waals surface area contributed by atoms with Gasteiger partial charge in [-0.15, -0.1) is 0 Å². The maximum atomic E-state index is 3.40. The minimum absolute atomic E-state index is 1.03. The molecule has 0 aromatic heterocycles. The lowest BCUT2D eigenvalue weighted by atomic mass is 10.1. The second-order valence-corrected chi connectivity index (χ2v) is 3.32. The predicted molar refractivity (Wildman–Crippen MR) is 52.7 cm³/mol. The Kier molecular flexibility index (Phi) is 3.37. The third kappa shape index (κ3) is 2.89. The lowest BCUT2D eigenvalue weighted by molar-refractivity contribution is 1.26. The lowest BCUT2D eigenvalue weighted by Gasteiger charge is -1.94. The Labute approximate surface area is 76.1 Å². The van der Waals surface area contributed by atoms with Gasteiger partial charge in [-0.05, 0) is 31.0 Å². The highest BCUT2D eigenvalue weighted by molar-refractivity contribution is 9.10. The topological polar surface area (TPSA) is 0 Å². The number of benzene rings is 1. The molecule has 0 radical (unpaired) electrons. The molecule has 0 heterocycles. The van der Waals surface area contributed by atoms with E-state index in [1.165, 1.54) is 5.56 Å². The van der Waals surface area contributed by atoms with E-state index in [0.29, 0.717) is 0 Å². The van der Waals surface area contributed by atoms with Crippen LogP contribution in [0.1, 0.15) is 12.5 Å². The molecular weight excluding hydrogens is 200 g/mol. The molecule has 0 spiro atoms. The van der Waals surface area contributed by atoms with Crippen molar-refractivity contribution in [2.24, 2.45) is 0 Å². The SMILES string of the molecule is CC=CCc1ccc(Br)cc1. The van der Waals surface area contributed by atoms with Crippen LogP contribution in [0.4, 0.5) is 0 Å². The molecule has 0 aliphatic rings. The Morgan fingerprint density at radius 1 is 1.27 bits per heavy atom. The van der Waals surface area contributed by atoms with Gasteiger partial charge in [0.25, 0.3) is 0 Å². The molecule has 0 atom stereocenters. The molecule has 0 unspecified atom stereocenters. The monoisotopic (exact) mass is 210 g/mol. The number of halogens is 1. The molecule has 0 saturated carbocycles. The number of rotatable bonds is 2. The summed E-state index contributed by atoms with van der Waals surface area (Å²) in [7, 11) is 0. The average molecular weight is 211 g/mol. The Balaban J connectivity index is 2.66. The third-order valence-corrected chi connectivity index (χ3v) is 2.03. The summed E-state index contributed by atoms with van der Waals surface area (Å²) in [6.07, 6.45) is 5.26. The Bertz CT molecular complexity index is 234. The normalized spacial score (nSPS) is 10.7. The van der Waals surface area contributed by atoms with E-state index in [0.717, 1.165) is 10.9 Å². The molecule has 0 amide bonds. The van der Waals surface area contributed by atoms with Gasteiger partial charge in [-0.3, -0.25) is 0 Å². The molecule has 0 nitrogen and oxygen atoms in total. The Morgan fingerprint density at radius 3 is 2.45 bits per heavy atom. The quantitative estimate of drug-likeness (QED) is 0.656. The standard InChI is InChI=1S/C10H11Br/c1-2-3-4-9-5-7-10(11)8-6-9/h2-3,5-8H,4H2,1H3. The van der Waals surface area contributed by atoms with E-state index in [9.17, 15) is 0 Å². The Hall–Kier alpha value is -0.560. The maximum absolute atomic E-state index is 3.40. The van der Waals surface area contributed by atoms with Crippen molar-refractivity contribution in [2.75, 3.05) is 0 Å². The second kappa shape index (κ2) is 4.35. The Morgan fingerprint density at radius 2 is 1.91 bits per heavy atom. The molecule has 1 aromatic rings. The van der Waals surface area contributed by atoms with Crippen LogP contribution in [0.25, 0.3) is 0 Å². The van der Waals surface area contributed by atoms with Crippen LogP contribution in [0.3, 0.4) is 0 Å². The second-order valence-electron chi connectivity index (χ2n) is 2.40. The van der Waals surface area contributed by atoms with Crippen LogP contribution in [0.2, 0.25) is 0 Å². The van der Waals surface area contributed by atoms with Crippen molar-refractivity contribution in [1.29, 1.82) is 0 Å². The first-order chi connectivity index (χ1) is 5.33. The van der Waals surface area contributed by atoms with Crippen molar-refractivity contribution in [2.45, 2.75) is 13.3 Å². The van der Waals surface area contributed by atoms with Crippen molar-refractivity contribution in [1.82, 2.24) is 0 Å². The molecule has 1 rings (SSSR count). The average Bonchev–Trinajstić information content (AvgIpc) is 2.04. The van der Waals surface area contributed by atoms with Crippen molar-refractivity contribution in [3.8, 4) is 0 Å². The molecule has 0 fully saturated rings. The zero-order valence-electron chi connectivity index (χ0n) is 6.55. The van der Waals surface area contributed by atoms with Gasteiger partial charge >= 0.3 is 0 Å². The van der Waals surface area contributed by atoms with Gasteiger partial charge in [-0.1, -0.05) is 40.2 Å². The summed E-state index contributed by atoms with van der Waals surface area (Å²) >= 11 is 3.40. The van der Waals surface area contributed by atoms with Crippen LogP contribution in [0.5, 0.6) is 0 Å². The van der Waals surface area contributed by atoms with Crippen LogP contribution >= 0.6 is 15.9 Å². The summed E-state index contributed by atoms with van der Waals surface area (Å²) < 4.78 is 1.14. The highest BCUT2D eigenvalue weighted by Gasteiger charge is 1.87. The van der Waals surface area contributed by atoms with Crippen molar-refractivity contribution >= 4 is 15.9 Å². The van der Waals surface area contributed by atoms with Gasteiger partial charge in [0.05, 0.1) is 0 Å². The van der Waals surface area contributed by atoms with E-state index in [1.54, 1.807) is 0 Å². The van der Waals surface area contributed by atoms with Crippen LogP contribution in [-0.2, 0) is 6.42 Å². The molecule has 0 aliphatic carbocycles. The van der Waals surface area contributed by atoms with Crippen LogP contribution in [0, 0.1) is 0 Å². The molecule has 58 valence electrons. The zero-order chi connectivity index (χ0) is 8.10. The van der Waals surface area contributed by atoms with Crippen LogP contribution < -0.4 is 0 Å². The van der Waals surface area contributed by atoms with Crippen molar-refractivity contribution in [3.05, 3.63) is 46.5 Å². The van der Waals surface area contributed by atoms with Gasteiger partial charge in [0.15, 0.2) is 0 Å². The predicted octanol–water partition coefficient (Wildman–Crippen LogP) is 3.57. The van der Waals surface area contributed by atoms with E-state index in [4.69, 9.17) is 0 Å². The highest BCUT2D eigenvalue weighted by Crippen LogP contribution is 2.10. The zero-order valence-corrected chi connectivity index (χ0v) is 8.14. The van der Waals surface area contributed by atoms with E-state index >= 15 is 0 Å². The van der Waals surface area contributed by atoms with Gasteiger partial charge in [-0.25, -0.2) is 0 Å². The molecular formula is C10H11Br. The van der Waals surface area contributed by atoms with Crippen molar-refractivity contribution < 1.29 is 0 Å². The largest absolute Gasteiger partial charge is 0.0913 e. The summed E-state index contributed by atoms with van der Waals surface area (Å²) in [4.78, 5) is 0. The first-order valence-corrected chi connectivity index (χ1v) is 4.48. The van der Waals surface area contributed by atoms with Gasteiger partial charge in [0, 0.05) is 4.47 Å². The molecule has 0 saturated heterocycles. The minimum atomic E-state index is 1.03. The summed E-state index contributed by atoms with van der Waals surface area (Å²) in [5.74, 6) is 0. The summed E-state index contributed by atoms with van der Waals surface area (Å²) in [5.41, 5.74) is 1.35. The summed E-state index contributed by atoms with van der Waals surface area (Å²) in [5, 5.41) is 0. The van der Waals surface area contributed by atoms with E-state index in [1.807, 2.05) is 6.92 Å². The fourth-order valence-corrected chi connectivity index (χ4v) is 1.14. The van der Waals surface area contributed by atoms with Crippen LogP contribution in [-0.4, -0.2) is 0 Å². The molecule has 0 aliphatic heterocycles. The van der Waals surface area contributed by atoms with E-state index in [2.05, 4.69) is 52.3 Å². The summed E-state index contributed by atoms with van der Waals surface area (Å²) in [6, 6.07) is 8.39. The first-order valence-electron chi connectivity index (χ1n) is 3.68.